The fraction of sp³-hybridized carbons (Fsp3) is 0.404. The number of carbonyl (C=O) groups excluding carboxylic acids is 2. The first kappa shape index (κ1) is 45.3. The molecule has 0 atom stereocenters. The van der Waals surface area contributed by atoms with Gasteiger partial charge in [0.1, 0.15) is 18.6 Å². The monoisotopic (exact) mass is 810 g/mol. The number of rotatable bonds is 21. The Balaban J connectivity index is 0.000000261. The van der Waals surface area contributed by atoms with E-state index in [1.165, 1.54) is 107 Å². The molecule has 0 radical (unpaired) electrons. The van der Waals surface area contributed by atoms with Crippen molar-refractivity contribution in [1.29, 1.82) is 0 Å². The van der Waals surface area contributed by atoms with Crippen molar-refractivity contribution in [2.75, 3.05) is 74.4 Å². The number of aldehydes is 1. The zero-order chi connectivity index (χ0) is 40.5. The molecular formula is C47H62N4O4S2+2. The topological polar surface area (TPSA) is 76.9 Å². The molecule has 2 aliphatic heterocycles. The van der Waals surface area contributed by atoms with Crippen molar-refractivity contribution >= 4 is 69.2 Å². The van der Waals surface area contributed by atoms with Gasteiger partial charge in [-0.1, -0.05) is 82.8 Å². The first-order valence-electron chi connectivity index (χ1n) is 20.2. The highest BCUT2D eigenvalue weighted by Crippen LogP contribution is 2.23. The molecule has 0 saturated carbocycles. The number of carbonyl (C=O) groups is 2. The second kappa shape index (κ2) is 26.5. The average Bonchev–Trinajstić information content (AvgIpc) is 3.98. The van der Waals surface area contributed by atoms with Gasteiger partial charge in [-0.15, -0.1) is 0 Å². The molecule has 57 heavy (non-hydrogen) atoms. The molecule has 5 rings (SSSR count). The maximum absolute atomic E-state index is 11.6. The van der Waals surface area contributed by atoms with E-state index in [4.69, 9.17) is 9.47 Å². The summed E-state index contributed by atoms with van der Waals surface area (Å²) in [7, 11) is 4.45. The van der Waals surface area contributed by atoms with E-state index in [1.54, 1.807) is 7.11 Å². The van der Waals surface area contributed by atoms with E-state index in [0.29, 0.717) is 12.4 Å². The average molecular weight is 811 g/mol. The smallest absolute Gasteiger partial charge is 0.316 e. The van der Waals surface area contributed by atoms with Crippen molar-refractivity contribution in [3.63, 3.8) is 0 Å². The zero-order valence-electron chi connectivity index (χ0n) is 34.2. The predicted octanol–water partition coefficient (Wildman–Crippen LogP) is 7.56. The molecule has 2 aromatic carbocycles. The summed E-state index contributed by atoms with van der Waals surface area (Å²) >= 11 is 0. The largest absolute Gasteiger partial charge is 0.465 e. The number of aryl methyl sites for hydroxylation is 2. The van der Waals surface area contributed by atoms with Crippen LogP contribution in [0.1, 0.15) is 67.8 Å². The van der Waals surface area contributed by atoms with E-state index in [0.717, 1.165) is 50.1 Å². The fourth-order valence-corrected chi connectivity index (χ4v) is 7.96. The second-order valence-electron chi connectivity index (χ2n) is 14.1. The van der Waals surface area contributed by atoms with Crippen LogP contribution in [0.4, 0.5) is 11.4 Å². The van der Waals surface area contributed by atoms with E-state index in [-0.39, 0.29) is 11.7 Å². The molecule has 0 spiro atoms. The Morgan fingerprint density at radius 1 is 0.842 bits per heavy atom. The second-order valence-corrected chi connectivity index (χ2v) is 16.6. The Labute approximate surface area is 349 Å². The standard InChI is InChI=1S/C25H31N2O3S2.C22H30N2O/c1-21-19-23(6-5-22-7-9-24(10-8-22)27-12-2-3-13-27)11-15-26(21)14-4-17-30-25(29)20-32-31-18-16-28;1-4-20(18-19(2)23-14-7-17-25-3)8-9-21-10-12-22(13-11-21)24-15-5-6-16-24/h5-11,15-16,19H,2-4,12-14,17-18,20H2,1H3;4,8-13,18H,1,5-7,14-17H2,2-3H3/q+1;/p+1/b;9-8+,20-18+,23-19?. The number of aromatic nitrogens is 1. The highest BCUT2D eigenvalue weighted by atomic mass is 33.1. The number of nitrogens with zero attached hydrogens (tertiary/aromatic N) is 3. The lowest BCUT2D eigenvalue weighted by Crippen LogP contribution is -2.72. The van der Waals surface area contributed by atoms with Gasteiger partial charge in [0, 0.05) is 89.6 Å². The van der Waals surface area contributed by atoms with Gasteiger partial charge in [-0.3, -0.25) is 4.79 Å². The van der Waals surface area contributed by atoms with Crippen LogP contribution in [0.25, 0.3) is 18.2 Å². The van der Waals surface area contributed by atoms with Crippen LogP contribution in [0.5, 0.6) is 0 Å². The Bertz CT molecular complexity index is 1790. The summed E-state index contributed by atoms with van der Waals surface area (Å²) in [6.07, 6.45) is 22.4. The number of methoxy groups -OCH3 is 1. The van der Waals surface area contributed by atoms with Crippen LogP contribution in [0.15, 0.2) is 97.2 Å². The minimum absolute atomic E-state index is 0.232. The summed E-state index contributed by atoms with van der Waals surface area (Å²) in [5, 5.41) is 0. The van der Waals surface area contributed by atoms with Gasteiger partial charge >= 0.3 is 5.97 Å². The van der Waals surface area contributed by atoms with Gasteiger partial charge in [0.05, 0.1) is 19.0 Å². The van der Waals surface area contributed by atoms with Crippen LogP contribution in [0.3, 0.4) is 0 Å². The van der Waals surface area contributed by atoms with Crippen molar-refractivity contribution in [3.8, 4) is 0 Å². The molecule has 8 nitrogen and oxygen atoms in total. The number of hydrogen-bond donors (Lipinski definition) is 1. The summed E-state index contributed by atoms with van der Waals surface area (Å²) in [5.41, 5.74) is 9.63. The molecule has 1 N–H and O–H groups in total. The number of hydrogen-bond acceptors (Lipinski definition) is 8. The van der Waals surface area contributed by atoms with Gasteiger partial charge in [-0.05, 0) is 72.2 Å². The van der Waals surface area contributed by atoms with Crippen molar-refractivity contribution < 1.29 is 28.6 Å². The lowest BCUT2D eigenvalue weighted by atomic mass is 10.1. The summed E-state index contributed by atoms with van der Waals surface area (Å²) < 4.78 is 12.5. The van der Waals surface area contributed by atoms with Crippen LogP contribution in [-0.2, 0) is 25.6 Å². The van der Waals surface area contributed by atoms with Crippen LogP contribution < -0.4 is 19.4 Å². The number of ether oxygens (including phenoxy) is 2. The Kier molecular flexibility index (Phi) is 21.1. The lowest BCUT2D eigenvalue weighted by molar-refractivity contribution is -0.703. The first-order valence-corrected chi connectivity index (χ1v) is 22.7. The van der Waals surface area contributed by atoms with Crippen LogP contribution in [-0.4, -0.2) is 82.5 Å². The molecule has 0 aliphatic carbocycles. The molecule has 304 valence electrons. The summed E-state index contributed by atoms with van der Waals surface area (Å²) in [4.78, 5) is 30.2. The first-order chi connectivity index (χ1) is 27.9. The van der Waals surface area contributed by atoms with Gasteiger partial charge < -0.3 is 24.1 Å². The third-order valence-corrected chi connectivity index (χ3v) is 11.7. The quantitative estimate of drug-likeness (QED) is 0.0225. The van der Waals surface area contributed by atoms with E-state index in [9.17, 15) is 9.59 Å². The Morgan fingerprint density at radius 2 is 1.46 bits per heavy atom. The third kappa shape index (κ3) is 17.3. The Hall–Kier alpha value is -4.38. The van der Waals surface area contributed by atoms with Crippen molar-refractivity contribution in [3.05, 3.63) is 120 Å². The molecule has 0 bridgehead atoms. The molecule has 3 aromatic rings. The highest BCUT2D eigenvalue weighted by molar-refractivity contribution is 8.77. The molecule has 0 unspecified atom stereocenters. The predicted molar refractivity (Wildman–Crippen MR) is 243 cm³/mol. The van der Waals surface area contributed by atoms with Gasteiger partial charge in [0.15, 0.2) is 24.1 Å². The number of nitrogens with one attached hydrogen (secondary N) is 1. The number of allylic oxidation sites excluding steroid dienone is 4. The highest BCUT2D eigenvalue weighted by Gasteiger charge is 2.13. The molecule has 1 aromatic heterocycles. The molecule has 0 amide bonds. The van der Waals surface area contributed by atoms with Gasteiger partial charge in [0.2, 0.25) is 0 Å². The molecule has 10 heteroatoms. The minimum Gasteiger partial charge on any atom is -0.465 e. The van der Waals surface area contributed by atoms with Crippen LogP contribution in [0.2, 0.25) is 0 Å². The molecule has 3 heterocycles. The normalized spacial score (nSPS) is 14.6. The Morgan fingerprint density at radius 3 is 2.04 bits per heavy atom. The van der Waals surface area contributed by atoms with Crippen LogP contribution in [0, 0.1) is 6.92 Å². The molecule has 2 saturated heterocycles. The molecule has 2 aliphatic rings. The summed E-state index contributed by atoms with van der Waals surface area (Å²) in [6.45, 7) is 15.7. The SMILES string of the molecule is C=CC(/C=C/c1ccc(N2CCCC2)cc1)=C\C(C)=[NH+]CCCOC.Cc1cc(/C=C/c2ccc(N3CCCC3)cc2)cc[n+]1CCCOC(=O)CSSCC=O. The van der Waals surface area contributed by atoms with E-state index < -0.39 is 0 Å². The van der Waals surface area contributed by atoms with Crippen molar-refractivity contribution in [1.82, 2.24) is 0 Å². The maximum Gasteiger partial charge on any atom is 0.316 e. The fourth-order valence-electron chi connectivity index (χ4n) is 6.55. The van der Waals surface area contributed by atoms with E-state index >= 15 is 0 Å². The number of anilines is 2. The zero-order valence-corrected chi connectivity index (χ0v) is 35.8. The molecule has 2 fully saturated rings. The van der Waals surface area contributed by atoms with Crippen molar-refractivity contribution in [2.45, 2.75) is 58.9 Å². The summed E-state index contributed by atoms with van der Waals surface area (Å²) in [6, 6.07) is 21.9. The third-order valence-electron chi connectivity index (χ3n) is 9.69. The van der Waals surface area contributed by atoms with Gasteiger partial charge in [-0.25, -0.2) is 9.56 Å². The van der Waals surface area contributed by atoms with Gasteiger partial charge in [-0.2, -0.15) is 0 Å². The van der Waals surface area contributed by atoms with Crippen LogP contribution >= 0.6 is 21.6 Å². The lowest BCUT2D eigenvalue weighted by Gasteiger charge is -2.17. The van der Waals surface area contributed by atoms with Crippen molar-refractivity contribution in [2.24, 2.45) is 0 Å². The minimum atomic E-state index is -0.232. The summed E-state index contributed by atoms with van der Waals surface area (Å²) in [5.74, 6) is 0.431. The van der Waals surface area contributed by atoms with E-state index in [1.807, 2.05) is 6.08 Å². The maximum atomic E-state index is 11.6. The number of pyridine rings is 1. The molecular weight excluding hydrogens is 749 g/mol. The van der Waals surface area contributed by atoms with Gasteiger partial charge in [0.25, 0.3) is 0 Å². The number of esters is 1. The number of benzene rings is 2. The van der Waals surface area contributed by atoms with E-state index in [2.05, 4.69) is 137 Å².